The van der Waals surface area contributed by atoms with Crippen molar-refractivity contribution in [2.75, 3.05) is 17.3 Å². The molecule has 0 aliphatic carbocycles. The third-order valence-electron chi connectivity index (χ3n) is 4.52. The molecule has 2 aromatic carbocycles. The number of nitrogens with zero attached hydrogens (tertiary/aromatic N) is 2. The zero-order valence-corrected chi connectivity index (χ0v) is 17.8. The number of carbonyl (C=O) groups is 1. The van der Waals surface area contributed by atoms with Crippen molar-refractivity contribution in [1.29, 1.82) is 0 Å². The van der Waals surface area contributed by atoms with Gasteiger partial charge in [-0.25, -0.2) is 13.6 Å². The van der Waals surface area contributed by atoms with Crippen LogP contribution in [0.2, 0.25) is 0 Å². The molecule has 0 unspecified atom stereocenters. The molecule has 152 valence electrons. The molecule has 1 amide bonds. The lowest BCUT2D eigenvalue weighted by Crippen LogP contribution is -2.30. The highest BCUT2D eigenvalue weighted by Gasteiger charge is 2.32. The number of primary sulfonamides is 1. The van der Waals surface area contributed by atoms with Crippen LogP contribution < -0.4 is 20.8 Å². The number of nitrogens with two attached hydrogens (primary N) is 1. The number of anilines is 2. The summed E-state index contributed by atoms with van der Waals surface area (Å²) in [6, 6.07) is 11.9. The van der Waals surface area contributed by atoms with Gasteiger partial charge in [-0.1, -0.05) is 32.0 Å². The second kappa shape index (κ2) is 7.90. The van der Waals surface area contributed by atoms with Crippen LogP contribution in [0.3, 0.4) is 0 Å². The normalized spacial score (nSPS) is 15.0. The molecule has 1 aliphatic rings. The Hall–Kier alpha value is -2.82. The first-order valence-electron chi connectivity index (χ1n) is 8.78. The van der Waals surface area contributed by atoms with Crippen molar-refractivity contribution in [2.24, 2.45) is 10.2 Å². The fourth-order valence-electron chi connectivity index (χ4n) is 2.96. The number of fused-ring (bicyclic) bond motifs is 1. The van der Waals surface area contributed by atoms with E-state index in [1.54, 1.807) is 19.2 Å². The number of amides is 1. The van der Waals surface area contributed by atoms with Gasteiger partial charge in [0.05, 0.1) is 11.4 Å². The number of hydrogen-bond donors (Lipinski definition) is 3. The molecule has 0 fully saturated rings. The summed E-state index contributed by atoms with van der Waals surface area (Å²) < 4.78 is 23.4. The van der Waals surface area contributed by atoms with Crippen LogP contribution in [0.4, 0.5) is 11.4 Å². The Morgan fingerprint density at radius 3 is 2.55 bits per heavy atom. The number of thiocarbonyl (C=S) groups is 1. The van der Waals surface area contributed by atoms with Crippen LogP contribution in [0.15, 0.2) is 52.5 Å². The quantitative estimate of drug-likeness (QED) is 0.504. The maximum atomic E-state index is 12.6. The largest absolute Gasteiger partial charge is 0.330 e. The van der Waals surface area contributed by atoms with Crippen LogP contribution in [0, 0.1) is 0 Å². The van der Waals surface area contributed by atoms with Crippen LogP contribution in [0.5, 0.6) is 0 Å². The van der Waals surface area contributed by atoms with Crippen molar-refractivity contribution < 1.29 is 13.2 Å². The SMILES string of the molecule is CC(C)c1ccc2c(c1)C(=NNC(=S)Nc1ccccc1S(N)(=O)=O)C(=O)N2C. The maximum Gasteiger partial charge on any atom is 0.279 e. The summed E-state index contributed by atoms with van der Waals surface area (Å²) >= 11 is 5.20. The van der Waals surface area contributed by atoms with Crippen LogP contribution in [-0.4, -0.2) is 32.2 Å². The summed E-state index contributed by atoms with van der Waals surface area (Å²) in [6.45, 7) is 4.14. The number of carbonyl (C=O) groups excluding carboxylic acids is 1. The number of para-hydroxylation sites is 1. The highest BCUT2D eigenvalue weighted by Crippen LogP contribution is 2.31. The van der Waals surface area contributed by atoms with Gasteiger partial charge in [-0.3, -0.25) is 10.2 Å². The van der Waals surface area contributed by atoms with Crippen molar-refractivity contribution in [3.8, 4) is 0 Å². The van der Waals surface area contributed by atoms with Crippen molar-refractivity contribution in [2.45, 2.75) is 24.7 Å². The zero-order chi connectivity index (χ0) is 21.3. The summed E-state index contributed by atoms with van der Waals surface area (Å²) in [4.78, 5) is 14.0. The van der Waals surface area contributed by atoms with E-state index in [1.165, 1.54) is 17.0 Å². The lowest BCUT2D eigenvalue weighted by molar-refractivity contribution is -0.111. The average Bonchev–Trinajstić information content (AvgIpc) is 2.89. The molecule has 0 atom stereocenters. The second-order valence-electron chi connectivity index (χ2n) is 6.86. The molecule has 0 bridgehead atoms. The van der Waals surface area contributed by atoms with Gasteiger partial charge in [-0.15, -0.1) is 0 Å². The topological polar surface area (TPSA) is 117 Å². The molecule has 2 aromatic rings. The Morgan fingerprint density at radius 1 is 1.21 bits per heavy atom. The van der Waals surface area contributed by atoms with Crippen LogP contribution in [0.25, 0.3) is 0 Å². The molecule has 0 saturated carbocycles. The molecule has 0 saturated heterocycles. The first kappa shape index (κ1) is 20.9. The van der Waals surface area contributed by atoms with Gasteiger partial charge in [-0.2, -0.15) is 5.10 Å². The van der Waals surface area contributed by atoms with Gasteiger partial charge in [-0.05, 0) is 48.0 Å². The number of hydrogen-bond acceptors (Lipinski definition) is 5. The summed E-state index contributed by atoms with van der Waals surface area (Å²) in [5, 5.41) is 12.2. The van der Waals surface area contributed by atoms with E-state index >= 15 is 0 Å². The lowest BCUT2D eigenvalue weighted by Gasteiger charge is -2.11. The minimum absolute atomic E-state index is 0.0255. The van der Waals surface area contributed by atoms with Crippen molar-refractivity contribution >= 4 is 50.3 Å². The number of hydrazone groups is 1. The fraction of sp³-hybridized carbons (Fsp3) is 0.211. The van der Waals surface area contributed by atoms with Gasteiger partial charge in [0, 0.05) is 12.6 Å². The molecular formula is C19H21N5O3S2. The maximum absolute atomic E-state index is 12.6. The minimum Gasteiger partial charge on any atom is -0.330 e. The minimum atomic E-state index is -3.93. The van der Waals surface area contributed by atoms with E-state index in [-0.39, 0.29) is 27.3 Å². The standard InChI is InChI=1S/C19H21N5O3S2/c1-11(2)12-8-9-15-13(10-12)17(18(25)24(15)3)22-23-19(28)21-14-6-4-5-7-16(14)29(20,26)27/h4-11H,1-3H3,(H2,20,26,27)(H2,21,23,28). The molecule has 29 heavy (non-hydrogen) atoms. The molecule has 3 rings (SSSR count). The summed E-state index contributed by atoms with van der Waals surface area (Å²) in [5.74, 6) is 0.0362. The molecule has 1 aliphatic heterocycles. The smallest absolute Gasteiger partial charge is 0.279 e. The Bertz CT molecular complexity index is 1130. The van der Waals surface area contributed by atoms with E-state index in [0.717, 1.165) is 11.3 Å². The van der Waals surface area contributed by atoms with Crippen LogP contribution >= 0.6 is 12.2 Å². The van der Waals surface area contributed by atoms with E-state index in [0.29, 0.717) is 11.5 Å². The number of rotatable bonds is 4. The van der Waals surface area contributed by atoms with Crippen molar-refractivity contribution in [3.63, 3.8) is 0 Å². The third-order valence-corrected chi connectivity index (χ3v) is 5.68. The zero-order valence-electron chi connectivity index (χ0n) is 16.1. The molecule has 1 heterocycles. The first-order chi connectivity index (χ1) is 13.6. The van der Waals surface area contributed by atoms with Crippen LogP contribution in [-0.2, 0) is 14.8 Å². The van der Waals surface area contributed by atoms with Gasteiger partial charge in [0.15, 0.2) is 10.8 Å². The molecule has 8 nitrogen and oxygen atoms in total. The van der Waals surface area contributed by atoms with Gasteiger partial charge < -0.3 is 10.2 Å². The lowest BCUT2D eigenvalue weighted by atomic mass is 9.99. The summed E-state index contributed by atoms with van der Waals surface area (Å²) in [7, 11) is -2.25. The number of likely N-dealkylation sites (N-methyl/N-ethyl adjacent to an activating group) is 1. The highest BCUT2D eigenvalue weighted by atomic mass is 32.2. The van der Waals surface area contributed by atoms with Gasteiger partial charge in [0.1, 0.15) is 4.90 Å². The highest BCUT2D eigenvalue weighted by molar-refractivity contribution is 7.89. The molecule has 10 heteroatoms. The summed E-state index contributed by atoms with van der Waals surface area (Å²) in [5.41, 5.74) is 5.62. The Kier molecular flexibility index (Phi) is 5.69. The van der Waals surface area contributed by atoms with Crippen molar-refractivity contribution in [1.82, 2.24) is 5.43 Å². The number of nitrogens with one attached hydrogen (secondary N) is 2. The molecule has 0 radical (unpaired) electrons. The average molecular weight is 432 g/mol. The second-order valence-corrected chi connectivity index (χ2v) is 8.80. The fourth-order valence-corrected chi connectivity index (χ4v) is 3.81. The summed E-state index contributed by atoms with van der Waals surface area (Å²) in [6.07, 6.45) is 0. The monoisotopic (exact) mass is 431 g/mol. The number of benzene rings is 2. The van der Waals surface area contributed by atoms with E-state index in [2.05, 4.69) is 29.7 Å². The van der Waals surface area contributed by atoms with Gasteiger partial charge in [0.25, 0.3) is 5.91 Å². The van der Waals surface area contributed by atoms with Gasteiger partial charge in [0.2, 0.25) is 10.0 Å². The van der Waals surface area contributed by atoms with E-state index in [9.17, 15) is 13.2 Å². The Morgan fingerprint density at radius 2 is 1.90 bits per heavy atom. The van der Waals surface area contributed by atoms with Crippen molar-refractivity contribution in [3.05, 3.63) is 53.6 Å². The van der Waals surface area contributed by atoms with Crippen LogP contribution in [0.1, 0.15) is 30.9 Å². The Balaban J connectivity index is 1.85. The van der Waals surface area contributed by atoms with E-state index in [1.807, 2.05) is 18.2 Å². The molecule has 0 spiro atoms. The third kappa shape index (κ3) is 4.29. The van der Waals surface area contributed by atoms with E-state index < -0.39 is 10.0 Å². The Labute approximate surface area is 174 Å². The predicted octanol–water partition coefficient (Wildman–Crippen LogP) is 2.12. The predicted molar refractivity (Wildman–Crippen MR) is 118 cm³/mol. The first-order valence-corrected chi connectivity index (χ1v) is 10.7. The molecular weight excluding hydrogens is 410 g/mol. The molecule has 4 N–H and O–H groups in total. The van der Waals surface area contributed by atoms with E-state index in [4.69, 9.17) is 17.4 Å². The molecule has 0 aromatic heterocycles. The number of sulfonamides is 1. The van der Waals surface area contributed by atoms with Gasteiger partial charge >= 0.3 is 0 Å².